The Bertz CT molecular complexity index is 1170. The maximum atomic E-state index is 13.0. The summed E-state index contributed by atoms with van der Waals surface area (Å²) >= 11 is 0. The van der Waals surface area contributed by atoms with Crippen molar-refractivity contribution in [2.24, 2.45) is 0 Å². The van der Waals surface area contributed by atoms with E-state index in [1.807, 2.05) is 0 Å². The number of esters is 1. The van der Waals surface area contributed by atoms with Gasteiger partial charge in [-0.2, -0.15) is 0 Å². The van der Waals surface area contributed by atoms with Crippen LogP contribution in [-0.2, 0) is 10.3 Å². The molecule has 1 heterocycles. The molecule has 0 atom stereocenters. The van der Waals surface area contributed by atoms with E-state index in [4.69, 9.17) is 4.74 Å². The van der Waals surface area contributed by atoms with Crippen molar-refractivity contribution in [3.05, 3.63) is 92.5 Å². The molecule has 6 heteroatoms. The van der Waals surface area contributed by atoms with Crippen molar-refractivity contribution in [1.29, 1.82) is 0 Å². The second kappa shape index (κ2) is 6.87. The molecule has 1 aliphatic heterocycles. The summed E-state index contributed by atoms with van der Waals surface area (Å²) in [5.41, 5.74) is 3.05. The molecule has 0 aromatic heterocycles. The molecule has 3 N–H and O–H groups in total. The number of carboxylic acids is 1. The minimum absolute atomic E-state index is 0.0114. The van der Waals surface area contributed by atoms with Crippen molar-refractivity contribution in [2.75, 3.05) is 0 Å². The SMILES string of the molecule is Cc1cc(C2(c3cc(C)c(O)c(C)c3)OC(=O)c3cc(C(=O)O)ccc32)cc(C)c1O. The molecule has 0 saturated carbocycles. The first-order valence-electron chi connectivity index (χ1n) is 9.78. The highest BCUT2D eigenvalue weighted by atomic mass is 16.6. The van der Waals surface area contributed by atoms with Crippen LogP contribution in [0.4, 0.5) is 0 Å². The first kappa shape index (κ1) is 20.5. The molecule has 0 aliphatic carbocycles. The molecule has 4 rings (SSSR count). The van der Waals surface area contributed by atoms with Crippen LogP contribution >= 0.6 is 0 Å². The predicted octanol–water partition coefficient (Wildman–Crippen LogP) is 4.49. The number of aromatic hydroxyl groups is 2. The highest BCUT2D eigenvalue weighted by Gasteiger charge is 2.49. The van der Waals surface area contributed by atoms with E-state index in [1.54, 1.807) is 58.0 Å². The lowest BCUT2D eigenvalue weighted by Crippen LogP contribution is -2.30. The first-order chi connectivity index (χ1) is 14.6. The van der Waals surface area contributed by atoms with Gasteiger partial charge in [-0.15, -0.1) is 0 Å². The lowest BCUT2D eigenvalue weighted by Gasteiger charge is -2.32. The zero-order valence-corrected chi connectivity index (χ0v) is 17.6. The van der Waals surface area contributed by atoms with Gasteiger partial charge in [0.25, 0.3) is 0 Å². The number of ether oxygens (including phenoxy) is 1. The Kier molecular flexibility index (Phi) is 4.54. The highest BCUT2D eigenvalue weighted by molar-refractivity contribution is 5.99. The van der Waals surface area contributed by atoms with Crippen LogP contribution in [0.15, 0.2) is 42.5 Å². The first-order valence-corrected chi connectivity index (χ1v) is 9.78. The maximum absolute atomic E-state index is 13.0. The summed E-state index contributed by atoms with van der Waals surface area (Å²) in [4.78, 5) is 24.4. The minimum atomic E-state index is -1.35. The van der Waals surface area contributed by atoms with Crippen LogP contribution in [0.5, 0.6) is 11.5 Å². The molecule has 0 spiro atoms. The standard InChI is InChI=1S/C25H22O6/c1-12-7-17(8-13(2)21(12)26)25(18-9-14(3)22(27)15(4)10-18)20-6-5-16(23(28)29)11-19(20)24(30)31-25/h5-11,26-27H,1-4H3,(H,28,29). The largest absolute Gasteiger partial charge is 0.507 e. The van der Waals surface area contributed by atoms with Crippen LogP contribution in [-0.4, -0.2) is 27.3 Å². The average molecular weight is 418 g/mol. The van der Waals surface area contributed by atoms with E-state index in [1.165, 1.54) is 12.1 Å². The summed E-state index contributed by atoms with van der Waals surface area (Å²) in [5.74, 6) is -1.46. The highest BCUT2D eigenvalue weighted by Crippen LogP contribution is 2.49. The predicted molar refractivity (Wildman–Crippen MR) is 114 cm³/mol. The van der Waals surface area contributed by atoms with Gasteiger partial charge in [0.2, 0.25) is 0 Å². The number of hydrogen-bond acceptors (Lipinski definition) is 5. The normalized spacial score (nSPS) is 14.3. The number of benzene rings is 3. The molecule has 0 bridgehead atoms. The fourth-order valence-corrected chi connectivity index (χ4v) is 4.32. The molecule has 3 aromatic carbocycles. The molecule has 3 aromatic rings. The summed E-state index contributed by atoms with van der Waals surface area (Å²) in [6.07, 6.45) is 0. The molecular weight excluding hydrogens is 396 g/mol. The zero-order valence-electron chi connectivity index (χ0n) is 17.6. The van der Waals surface area contributed by atoms with Gasteiger partial charge >= 0.3 is 11.9 Å². The van der Waals surface area contributed by atoms with E-state index in [0.717, 1.165) is 0 Å². The second-order valence-electron chi connectivity index (χ2n) is 8.05. The van der Waals surface area contributed by atoms with Crippen LogP contribution in [0, 0.1) is 27.7 Å². The third kappa shape index (κ3) is 2.94. The number of hydrogen-bond donors (Lipinski definition) is 3. The Morgan fingerprint density at radius 1 is 0.806 bits per heavy atom. The summed E-state index contributed by atoms with van der Waals surface area (Å²) < 4.78 is 6.03. The molecule has 0 amide bonds. The van der Waals surface area contributed by atoms with Crippen LogP contribution < -0.4 is 0 Å². The van der Waals surface area contributed by atoms with Gasteiger partial charge in [-0.25, -0.2) is 9.59 Å². The van der Waals surface area contributed by atoms with Gasteiger partial charge in [0.1, 0.15) is 11.5 Å². The lowest BCUT2D eigenvalue weighted by atomic mass is 9.77. The monoisotopic (exact) mass is 418 g/mol. The van der Waals surface area contributed by atoms with Gasteiger partial charge in [0.15, 0.2) is 5.60 Å². The molecule has 0 saturated heterocycles. The third-order valence-corrected chi connectivity index (χ3v) is 5.91. The number of fused-ring (bicyclic) bond motifs is 1. The molecular formula is C25H22O6. The van der Waals surface area contributed by atoms with Crippen molar-refractivity contribution in [1.82, 2.24) is 0 Å². The van der Waals surface area contributed by atoms with Gasteiger partial charge in [-0.3, -0.25) is 0 Å². The van der Waals surface area contributed by atoms with Gasteiger partial charge in [0, 0.05) is 16.7 Å². The molecule has 1 aliphatic rings. The smallest absolute Gasteiger partial charge is 0.340 e. The number of phenolic OH excluding ortho intramolecular Hbond substituents is 2. The number of aryl methyl sites for hydroxylation is 4. The van der Waals surface area contributed by atoms with E-state index in [0.29, 0.717) is 38.9 Å². The molecule has 0 fully saturated rings. The summed E-state index contributed by atoms with van der Waals surface area (Å²) in [6.45, 7) is 7.05. The van der Waals surface area contributed by atoms with Crippen molar-refractivity contribution >= 4 is 11.9 Å². The maximum Gasteiger partial charge on any atom is 0.340 e. The number of carbonyl (C=O) groups excluding carboxylic acids is 1. The van der Waals surface area contributed by atoms with Gasteiger partial charge in [-0.1, -0.05) is 6.07 Å². The number of rotatable bonds is 3. The topological polar surface area (TPSA) is 104 Å². The van der Waals surface area contributed by atoms with Gasteiger partial charge < -0.3 is 20.1 Å². The molecule has 6 nitrogen and oxygen atoms in total. The Labute approximate surface area is 179 Å². The molecule has 31 heavy (non-hydrogen) atoms. The van der Waals surface area contributed by atoms with E-state index < -0.39 is 17.5 Å². The number of aromatic carboxylic acids is 1. The van der Waals surface area contributed by atoms with Crippen LogP contribution in [0.25, 0.3) is 0 Å². The van der Waals surface area contributed by atoms with Crippen molar-refractivity contribution in [2.45, 2.75) is 33.3 Å². The van der Waals surface area contributed by atoms with Gasteiger partial charge in [0.05, 0.1) is 11.1 Å². The van der Waals surface area contributed by atoms with Gasteiger partial charge in [-0.05, 0) is 86.3 Å². The van der Waals surface area contributed by atoms with Crippen molar-refractivity contribution < 1.29 is 29.6 Å². The third-order valence-electron chi connectivity index (χ3n) is 5.91. The summed E-state index contributed by atoms with van der Waals surface area (Å²) in [5, 5.41) is 29.9. The van der Waals surface area contributed by atoms with Crippen molar-refractivity contribution in [3.8, 4) is 11.5 Å². The second-order valence-corrected chi connectivity index (χ2v) is 8.05. The Morgan fingerprint density at radius 3 is 1.68 bits per heavy atom. The van der Waals surface area contributed by atoms with Crippen LogP contribution in [0.2, 0.25) is 0 Å². The lowest BCUT2D eigenvalue weighted by molar-refractivity contribution is 0.0250. The van der Waals surface area contributed by atoms with Crippen LogP contribution in [0.1, 0.15) is 59.7 Å². The van der Waals surface area contributed by atoms with E-state index in [-0.39, 0.29) is 22.6 Å². The van der Waals surface area contributed by atoms with Crippen LogP contribution in [0.3, 0.4) is 0 Å². The van der Waals surface area contributed by atoms with E-state index in [2.05, 4.69) is 0 Å². The van der Waals surface area contributed by atoms with E-state index in [9.17, 15) is 24.9 Å². The molecule has 0 unspecified atom stereocenters. The Morgan fingerprint density at radius 2 is 1.26 bits per heavy atom. The summed E-state index contributed by atoms with van der Waals surface area (Å²) in [7, 11) is 0. The fraction of sp³-hybridized carbons (Fsp3) is 0.200. The number of phenols is 2. The molecule has 158 valence electrons. The van der Waals surface area contributed by atoms with Crippen molar-refractivity contribution in [3.63, 3.8) is 0 Å². The number of carboxylic acid groups (broad SMARTS) is 1. The van der Waals surface area contributed by atoms with E-state index >= 15 is 0 Å². The average Bonchev–Trinajstić information content (AvgIpc) is 3.02. The fourth-order valence-electron chi connectivity index (χ4n) is 4.32. The number of cyclic esters (lactones) is 1. The Balaban J connectivity index is 2.11. The zero-order chi connectivity index (χ0) is 22.7. The number of carbonyl (C=O) groups is 2. The Hall–Kier alpha value is -3.80. The summed E-state index contributed by atoms with van der Waals surface area (Å²) in [6, 6.07) is 11.4. The quantitative estimate of drug-likeness (QED) is 0.542. The minimum Gasteiger partial charge on any atom is -0.507 e. The molecule has 0 radical (unpaired) electrons.